The topological polar surface area (TPSA) is 3.24 Å². The standard InChI is InChI=1S/C18H39NS/c1-5-9-11-13-18(12-10-6-2)20-17-16-19(14-7-3)15-8-4/h18H,5-17H2,1-4H3. The van der Waals surface area contributed by atoms with Gasteiger partial charge in [-0.15, -0.1) is 0 Å². The van der Waals surface area contributed by atoms with E-state index in [2.05, 4.69) is 44.4 Å². The Hall–Kier alpha value is 0.310. The van der Waals surface area contributed by atoms with Gasteiger partial charge in [0.2, 0.25) is 0 Å². The summed E-state index contributed by atoms with van der Waals surface area (Å²) in [6.07, 6.45) is 12.4. The van der Waals surface area contributed by atoms with Crippen molar-refractivity contribution in [3.63, 3.8) is 0 Å². The molecule has 0 aromatic carbocycles. The molecule has 0 N–H and O–H groups in total. The van der Waals surface area contributed by atoms with Crippen LogP contribution in [-0.4, -0.2) is 35.5 Å². The normalized spacial score (nSPS) is 13.1. The molecule has 0 spiro atoms. The highest BCUT2D eigenvalue weighted by atomic mass is 32.2. The number of thioether (sulfide) groups is 1. The summed E-state index contributed by atoms with van der Waals surface area (Å²) < 4.78 is 0. The Kier molecular flexibility index (Phi) is 15.9. The zero-order valence-electron chi connectivity index (χ0n) is 14.6. The van der Waals surface area contributed by atoms with Gasteiger partial charge in [0, 0.05) is 17.5 Å². The molecule has 0 rings (SSSR count). The van der Waals surface area contributed by atoms with Crippen molar-refractivity contribution in [1.82, 2.24) is 4.90 Å². The van der Waals surface area contributed by atoms with Gasteiger partial charge in [-0.2, -0.15) is 11.8 Å². The largest absolute Gasteiger partial charge is 0.303 e. The van der Waals surface area contributed by atoms with Crippen molar-refractivity contribution in [2.24, 2.45) is 0 Å². The first-order valence-electron chi connectivity index (χ1n) is 9.12. The summed E-state index contributed by atoms with van der Waals surface area (Å²) >= 11 is 2.25. The second kappa shape index (κ2) is 15.7. The van der Waals surface area contributed by atoms with Gasteiger partial charge in [0.05, 0.1) is 0 Å². The molecule has 2 heteroatoms. The molecular weight excluding hydrogens is 262 g/mol. The third-order valence-corrected chi connectivity index (χ3v) is 5.21. The van der Waals surface area contributed by atoms with E-state index in [0.717, 1.165) is 5.25 Å². The highest BCUT2D eigenvalue weighted by Crippen LogP contribution is 2.23. The second-order valence-corrected chi connectivity index (χ2v) is 7.38. The molecule has 0 aliphatic rings. The number of rotatable bonds is 15. The molecule has 0 aliphatic carbocycles. The predicted octanol–water partition coefficient (Wildman–Crippen LogP) is 5.98. The molecule has 1 unspecified atom stereocenters. The quantitative estimate of drug-likeness (QED) is 0.342. The number of hydrogen-bond acceptors (Lipinski definition) is 2. The minimum absolute atomic E-state index is 0.923. The molecule has 0 amide bonds. The van der Waals surface area contributed by atoms with Crippen LogP contribution in [0.2, 0.25) is 0 Å². The van der Waals surface area contributed by atoms with Gasteiger partial charge in [0.15, 0.2) is 0 Å². The van der Waals surface area contributed by atoms with Gasteiger partial charge >= 0.3 is 0 Å². The van der Waals surface area contributed by atoms with Crippen molar-refractivity contribution < 1.29 is 0 Å². The smallest absolute Gasteiger partial charge is 0.00724 e. The number of nitrogens with zero attached hydrogens (tertiary/aromatic N) is 1. The van der Waals surface area contributed by atoms with Crippen LogP contribution in [0.25, 0.3) is 0 Å². The summed E-state index contributed by atoms with van der Waals surface area (Å²) in [5.74, 6) is 1.33. The Labute approximate surface area is 133 Å². The van der Waals surface area contributed by atoms with E-state index in [0.29, 0.717) is 0 Å². The molecule has 0 saturated heterocycles. The Morgan fingerprint density at radius 2 is 1.30 bits per heavy atom. The molecule has 0 heterocycles. The SMILES string of the molecule is CCCCCC(CCCC)SCCN(CCC)CCC. The van der Waals surface area contributed by atoms with E-state index < -0.39 is 0 Å². The van der Waals surface area contributed by atoms with E-state index in [1.54, 1.807) is 0 Å². The molecule has 0 aromatic rings. The van der Waals surface area contributed by atoms with E-state index in [1.165, 1.54) is 83.2 Å². The van der Waals surface area contributed by atoms with E-state index in [4.69, 9.17) is 0 Å². The zero-order chi connectivity index (χ0) is 15.1. The molecule has 20 heavy (non-hydrogen) atoms. The van der Waals surface area contributed by atoms with Crippen molar-refractivity contribution in [3.05, 3.63) is 0 Å². The van der Waals surface area contributed by atoms with Crippen LogP contribution in [0.3, 0.4) is 0 Å². The first kappa shape index (κ1) is 20.3. The summed E-state index contributed by atoms with van der Waals surface area (Å²) in [5, 5.41) is 0.923. The molecule has 0 radical (unpaired) electrons. The molecule has 0 fully saturated rings. The highest BCUT2D eigenvalue weighted by molar-refractivity contribution is 7.99. The minimum atomic E-state index is 0.923. The molecule has 0 aliphatic heterocycles. The van der Waals surface area contributed by atoms with Crippen molar-refractivity contribution in [1.29, 1.82) is 0 Å². The summed E-state index contributed by atoms with van der Waals surface area (Å²) in [6, 6.07) is 0. The lowest BCUT2D eigenvalue weighted by Crippen LogP contribution is -2.28. The first-order valence-corrected chi connectivity index (χ1v) is 10.2. The van der Waals surface area contributed by atoms with Crippen LogP contribution >= 0.6 is 11.8 Å². The molecule has 0 saturated carbocycles. The van der Waals surface area contributed by atoms with Gasteiger partial charge in [-0.3, -0.25) is 0 Å². The van der Waals surface area contributed by atoms with Crippen LogP contribution in [0.5, 0.6) is 0 Å². The van der Waals surface area contributed by atoms with Crippen LogP contribution in [-0.2, 0) is 0 Å². The fourth-order valence-electron chi connectivity index (χ4n) is 2.68. The monoisotopic (exact) mass is 301 g/mol. The highest BCUT2D eigenvalue weighted by Gasteiger charge is 2.10. The molecular formula is C18H39NS. The lowest BCUT2D eigenvalue weighted by atomic mass is 10.1. The van der Waals surface area contributed by atoms with Gasteiger partial charge in [0.25, 0.3) is 0 Å². The van der Waals surface area contributed by atoms with Crippen molar-refractivity contribution in [2.45, 2.75) is 90.7 Å². The van der Waals surface area contributed by atoms with Crippen LogP contribution in [0.15, 0.2) is 0 Å². The fraction of sp³-hybridized carbons (Fsp3) is 1.00. The predicted molar refractivity (Wildman–Crippen MR) is 96.9 cm³/mol. The molecule has 0 bridgehead atoms. The Morgan fingerprint density at radius 3 is 1.85 bits per heavy atom. The number of hydrogen-bond donors (Lipinski definition) is 0. The van der Waals surface area contributed by atoms with E-state index in [1.807, 2.05) is 0 Å². The van der Waals surface area contributed by atoms with Gasteiger partial charge < -0.3 is 4.90 Å². The average molecular weight is 302 g/mol. The van der Waals surface area contributed by atoms with Crippen LogP contribution in [0.4, 0.5) is 0 Å². The maximum absolute atomic E-state index is 2.65. The van der Waals surface area contributed by atoms with Crippen LogP contribution in [0, 0.1) is 0 Å². The summed E-state index contributed by atoms with van der Waals surface area (Å²) in [4.78, 5) is 2.65. The van der Waals surface area contributed by atoms with Crippen LogP contribution < -0.4 is 0 Å². The third kappa shape index (κ3) is 12.1. The maximum atomic E-state index is 2.65. The number of unbranched alkanes of at least 4 members (excludes halogenated alkanes) is 3. The van der Waals surface area contributed by atoms with Crippen molar-refractivity contribution in [2.75, 3.05) is 25.4 Å². The third-order valence-electron chi connectivity index (χ3n) is 3.85. The Balaban J connectivity index is 3.89. The lowest BCUT2D eigenvalue weighted by Gasteiger charge is -2.22. The molecule has 122 valence electrons. The van der Waals surface area contributed by atoms with Gasteiger partial charge in [-0.1, -0.05) is 59.8 Å². The van der Waals surface area contributed by atoms with Crippen LogP contribution in [0.1, 0.15) is 85.5 Å². The van der Waals surface area contributed by atoms with Crippen molar-refractivity contribution >= 4 is 11.8 Å². The summed E-state index contributed by atoms with van der Waals surface area (Å²) in [5.41, 5.74) is 0. The molecule has 1 atom stereocenters. The average Bonchev–Trinajstić information content (AvgIpc) is 2.44. The van der Waals surface area contributed by atoms with Gasteiger partial charge in [-0.05, 0) is 38.8 Å². The summed E-state index contributed by atoms with van der Waals surface area (Å²) in [7, 11) is 0. The Bertz CT molecular complexity index is 178. The Morgan fingerprint density at radius 1 is 0.700 bits per heavy atom. The van der Waals surface area contributed by atoms with E-state index >= 15 is 0 Å². The second-order valence-electron chi connectivity index (χ2n) is 5.97. The van der Waals surface area contributed by atoms with Crippen molar-refractivity contribution in [3.8, 4) is 0 Å². The van der Waals surface area contributed by atoms with E-state index in [-0.39, 0.29) is 0 Å². The molecule has 0 aromatic heterocycles. The van der Waals surface area contributed by atoms with Gasteiger partial charge in [0.1, 0.15) is 0 Å². The lowest BCUT2D eigenvalue weighted by molar-refractivity contribution is 0.291. The first-order chi connectivity index (χ1) is 9.78. The van der Waals surface area contributed by atoms with E-state index in [9.17, 15) is 0 Å². The van der Waals surface area contributed by atoms with Gasteiger partial charge in [-0.25, -0.2) is 0 Å². The zero-order valence-corrected chi connectivity index (χ0v) is 15.4. The molecule has 1 nitrogen and oxygen atoms in total. The minimum Gasteiger partial charge on any atom is -0.303 e. The summed E-state index contributed by atoms with van der Waals surface area (Å²) in [6.45, 7) is 13.1. The maximum Gasteiger partial charge on any atom is 0.00724 e. The fourth-order valence-corrected chi connectivity index (χ4v) is 4.04.